The third-order valence-electron chi connectivity index (χ3n) is 5.28. The van der Waals surface area contributed by atoms with Crippen LogP contribution in [0.25, 0.3) is 0 Å². The monoisotopic (exact) mass is 438 g/mol. The van der Waals surface area contributed by atoms with Crippen LogP contribution in [0.2, 0.25) is 10.0 Å². The van der Waals surface area contributed by atoms with Crippen LogP contribution >= 0.6 is 23.2 Å². The average Bonchev–Trinajstić information content (AvgIpc) is 3.16. The summed E-state index contributed by atoms with van der Waals surface area (Å²) < 4.78 is 0. The molecule has 1 N–H and O–H groups in total. The smallest absolute Gasteiger partial charge is 0.258 e. The highest BCUT2D eigenvalue weighted by Gasteiger charge is 2.26. The van der Waals surface area contributed by atoms with E-state index < -0.39 is 0 Å². The Bertz CT molecular complexity index is 1130. The maximum absolute atomic E-state index is 12.9. The predicted molar refractivity (Wildman–Crippen MR) is 121 cm³/mol. The minimum Gasteiger partial charge on any atom is -0.345 e. The molecule has 0 aromatic heterocycles. The van der Waals surface area contributed by atoms with Crippen LogP contribution in [-0.4, -0.2) is 18.4 Å². The Morgan fingerprint density at radius 1 is 1.00 bits per heavy atom. The van der Waals surface area contributed by atoms with E-state index in [1.54, 1.807) is 53.4 Å². The molecule has 0 saturated carbocycles. The van der Waals surface area contributed by atoms with E-state index >= 15 is 0 Å². The van der Waals surface area contributed by atoms with Crippen LogP contribution in [0.3, 0.4) is 0 Å². The summed E-state index contributed by atoms with van der Waals surface area (Å²) in [5, 5.41) is 3.95. The first-order valence-electron chi connectivity index (χ1n) is 9.69. The van der Waals surface area contributed by atoms with Gasteiger partial charge in [0.15, 0.2) is 0 Å². The van der Waals surface area contributed by atoms with Crippen LogP contribution in [-0.2, 0) is 6.42 Å². The van der Waals surface area contributed by atoms with Crippen LogP contribution in [0.15, 0.2) is 66.7 Å². The molecule has 152 valence electrons. The first-order chi connectivity index (χ1) is 14.4. The molecule has 1 atom stereocenters. The zero-order chi connectivity index (χ0) is 21.3. The molecule has 3 aromatic rings. The molecule has 1 aliphatic heterocycles. The number of hydrogen-bond donors (Lipinski definition) is 1. The van der Waals surface area contributed by atoms with Crippen molar-refractivity contribution < 1.29 is 9.59 Å². The van der Waals surface area contributed by atoms with Crippen molar-refractivity contribution in [3.05, 3.63) is 99.0 Å². The SMILES string of the molecule is C[C@@H](NC(=O)c1ccccc1Cl)c1ccc2c(c1)CCN2C(=O)c1cccc(Cl)c1. The van der Waals surface area contributed by atoms with E-state index in [0.29, 0.717) is 27.7 Å². The van der Waals surface area contributed by atoms with E-state index in [-0.39, 0.29) is 17.9 Å². The molecule has 3 aromatic carbocycles. The molecule has 1 aliphatic rings. The van der Waals surface area contributed by atoms with Gasteiger partial charge in [-0.25, -0.2) is 0 Å². The molecule has 30 heavy (non-hydrogen) atoms. The summed E-state index contributed by atoms with van der Waals surface area (Å²) in [6, 6.07) is 19.7. The summed E-state index contributed by atoms with van der Waals surface area (Å²) in [7, 11) is 0. The van der Waals surface area contributed by atoms with Gasteiger partial charge >= 0.3 is 0 Å². The average molecular weight is 439 g/mol. The Morgan fingerprint density at radius 2 is 1.80 bits per heavy atom. The summed E-state index contributed by atoms with van der Waals surface area (Å²) in [5.74, 6) is -0.282. The lowest BCUT2D eigenvalue weighted by Crippen LogP contribution is -2.29. The number of rotatable bonds is 4. The lowest BCUT2D eigenvalue weighted by molar-refractivity contribution is 0.0939. The molecule has 0 unspecified atom stereocenters. The molecule has 0 aliphatic carbocycles. The maximum atomic E-state index is 12.9. The molecular formula is C24H20Cl2N2O2. The van der Waals surface area contributed by atoms with Gasteiger partial charge < -0.3 is 10.2 Å². The lowest BCUT2D eigenvalue weighted by atomic mass is 10.0. The van der Waals surface area contributed by atoms with Crippen molar-refractivity contribution >= 4 is 40.7 Å². The highest BCUT2D eigenvalue weighted by atomic mass is 35.5. The molecule has 2 amide bonds. The highest BCUT2D eigenvalue weighted by molar-refractivity contribution is 6.33. The molecule has 1 heterocycles. The standard InChI is InChI=1S/C24H20Cl2N2O2/c1-15(27-23(29)20-7-2-3-8-21(20)26)16-9-10-22-17(13-16)11-12-28(22)24(30)18-5-4-6-19(25)14-18/h2-10,13-15H,11-12H2,1H3,(H,27,29)/t15-/m1/s1. The Balaban J connectivity index is 1.51. The molecule has 4 nitrogen and oxygen atoms in total. The Labute approximate surface area is 185 Å². The maximum Gasteiger partial charge on any atom is 0.258 e. The van der Waals surface area contributed by atoms with Gasteiger partial charge in [0.05, 0.1) is 16.6 Å². The number of amides is 2. The van der Waals surface area contributed by atoms with Crippen LogP contribution in [0.4, 0.5) is 5.69 Å². The van der Waals surface area contributed by atoms with Gasteiger partial charge in [0, 0.05) is 22.8 Å². The van der Waals surface area contributed by atoms with Crippen molar-refractivity contribution in [2.45, 2.75) is 19.4 Å². The zero-order valence-electron chi connectivity index (χ0n) is 16.4. The van der Waals surface area contributed by atoms with Crippen molar-refractivity contribution in [2.24, 2.45) is 0 Å². The van der Waals surface area contributed by atoms with Crippen molar-refractivity contribution in [1.29, 1.82) is 0 Å². The number of fused-ring (bicyclic) bond motifs is 1. The van der Waals surface area contributed by atoms with E-state index in [2.05, 4.69) is 11.4 Å². The van der Waals surface area contributed by atoms with Crippen molar-refractivity contribution in [2.75, 3.05) is 11.4 Å². The van der Waals surface area contributed by atoms with Crippen LogP contribution in [0.5, 0.6) is 0 Å². The van der Waals surface area contributed by atoms with Crippen molar-refractivity contribution in [3.8, 4) is 0 Å². The van der Waals surface area contributed by atoms with Gasteiger partial charge in [0.1, 0.15) is 0 Å². The fraction of sp³-hybridized carbons (Fsp3) is 0.167. The number of nitrogens with zero attached hydrogens (tertiary/aromatic N) is 1. The van der Waals surface area contributed by atoms with E-state index in [4.69, 9.17) is 23.2 Å². The van der Waals surface area contributed by atoms with Crippen LogP contribution < -0.4 is 10.2 Å². The minimum absolute atomic E-state index is 0.0657. The molecule has 6 heteroatoms. The fourth-order valence-electron chi connectivity index (χ4n) is 3.68. The van der Waals surface area contributed by atoms with Crippen LogP contribution in [0.1, 0.15) is 44.8 Å². The van der Waals surface area contributed by atoms with Gasteiger partial charge in [-0.15, -0.1) is 0 Å². The number of hydrogen-bond acceptors (Lipinski definition) is 2. The second-order valence-corrected chi connectivity index (χ2v) is 8.12. The molecule has 0 saturated heterocycles. The molecule has 4 rings (SSSR count). The molecular weight excluding hydrogens is 419 g/mol. The normalized spacial score (nSPS) is 13.6. The lowest BCUT2D eigenvalue weighted by Gasteiger charge is -2.19. The molecule has 0 bridgehead atoms. The van der Waals surface area contributed by atoms with E-state index in [9.17, 15) is 9.59 Å². The third-order valence-corrected chi connectivity index (χ3v) is 5.85. The number of carbonyl (C=O) groups excluding carboxylic acids is 2. The number of nitrogens with one attached hydrogen (secondary N) is 1. The fourth-order valence-corrected chi connectivity index (χ4v) is 4.09. The zero-order valence-corrected chi connectivity index (χ0v) is 17.9. The van der Waals surface area contributed by atoms with Gasteiger partial charge in [0.25, 0.3) is 11.8 Å². The summed E-state index contributed by atoms with van der Waals surface area (Å²) in [6.07, 6.45) is 0.765. The van der Waals surface area contributed by atoms with E-state index in [1.807, 2.05) is 19.1 Å². The summed E-state index contributed by atoms with van der Waals surface area (Å²) in [6.45, 7) is 2.55. The predicted octanol–water partition coefficient (Wildman–Crippen LogP) is 5.69. The number of carbonyl (C=O) groups is 2. The van der Waals surface area contributed by atoms with Gasteiger partial charge in [-0.05, 0) is 60.9 Å². The quantitative estimate of drug-likeness (QED) is 0.568. The molecule has 0 fully saturated rings. The van der Waals surface area contributed by atoms with Crippen molar-refractivity contribution in [1.82, 2.24) is 5.32 Å². The summed E-state index contributed by atoms with van der Waals surface area (Å²) >= 11 is 12.2. The number of halogens is 2. The van der Waals surface area contributed by atoms with Gasteiger partial charge in [-0.2, -0.15) is 0 Å². The summed E-state index contributed by atoms with van der Waals surface area (Å²) in [5.41, 5.74) is 3.98. The second kappa shape index (κ2) is 8.50. The molecule has 0 radical (unpaired) electrons. The number of benzene rings is 3. The molecule has 0 spiro atoms. The third kappa shape index (κ3) is 4.07. The minimum atomic E-state index is -0.216. The Hall–Kier alpha value is -2.82. The largest absolute Gasteiger partial charge is 0.345 e. The van der Waals surface area contributed by atoms with Crippen LogP contribution in [0, 0.1) is 0 Å². The summed E-state index contributed by atoms with van der Waals surface area (Å²) in [4.78, 5) is 27.2. The van der Waals surface area contributed by atoms with Gasteiger partial charge in [0.2, 0.25) is 0 Å². The second-order valence-electron chi connectivity index (χ2n) is 7.28. The van der Waals surface area contributed by atoms with E-state index in [1.165, 1.54) is 0 Å². The first-order valence-corrected chi connectivity index (χ1v) is 10.5. The van der Waals surface area contributed by atoms with Gasteiger partial charge in [-0.1, -0.05) is 53.5 Å². The number of anilines is 1. The Morgan fingerprint density at radius 3 is 2.57 bits per heavy atom. The van der Waals surface area contributed by atoms with Crippen molar-refractivity contribution in [3.63, 3.8) is 0 Å². The van der Waals surface area contributed by atoms with E-state index in [0.717, 1.165) is 23.2 Å². The topological polar surface area (TPSA) is 49.4 Å². The first kappa shape index (κ1) is 20.5. The Kier molecular flexibility index (Phi) is 5.80. The van der Waals surface area contributed by atoms with Gasteiger partial charge in [-0.3, -0.25) is 9.59 Å². The highest BCUT2D eigenvalue weighted by Crippen LogP contribution is 2.32.